The van der Waals surface area contributed by atoms with E-state index in [0.29, 0.717) is 18.9 Å². The number of halogens is 3. The largest absolute Gasteiger partial charge is 0.573 e. The Morgan fingerprint density at radius 3 is 2.43 bits per heavy atom. The Balaban J connectivity index is 1.92. The Labute approximate surface area is 175 Å². The first-order valence-electron chi connectivity index (χ1n) is 9.97. The highest BCUT2D eigenvalue weighted by atomic mass is 19.4. The van der Waals surface area contributed by atoms with Crippen LogP contribution in [0, 0.1) is 13.8 Å². The highest BCUT2D eigenvalue weighted by Crippen LogP contribution is 2.22. The number of nitrogens with zero attached hydrogens (tertiary/aromatic N) is 3. The van der Waals surface area contributed by atoms with E-state index in [1.165, 1.54) is 17.7 Å². The summed E-state index contributed by atoms with van der Waals surface area (Å²) in [5.74, 6) is 0.487. The third-order valence-corrected chi connectivity index (χ3v) is 4.72. The monoisotopic (exact) mass is 425 g/mol. The lowest BCUT2D eigenvalue weighted by Crippen LogP contribution is -2.43. The van der Waals surface area contributed by atoms with E-state index in [0.717, 1.165) is 29.9 Å². The summed E-state index contributed by atoms with van der Waals surface area (Å²) in [6, 6.07) is 6.03. The SMILES string of the molecule is CCNC(=NCCc1ccc(OC(F)(F)F)cc1)NC(C)Cc1c(C)nn(C)c1C. The van der Waals surface area contributed by atoms with Gasteiger partial charge in [-0.3, -0.25) is 9.67 Å². The second-order valence-corrected chi connectivity index (χ2v) is 7.22. The molecule has 0 spiro atoms. The zero-order chi connectivity index (χ0) is 22.3. The standard InChI is InChI=1S/C21H30F3N5O/c1-6-25-20(27-14(2)13-19-15(3)28-29(5)16(19)4)26-12-11-17-7-9-18(10-8-17)30-21(22,23)24/h7-10,14H,6,11-13H2,1-5H3,(H2,25,26,27). The molecule has 2 aromatic rings. The van der Waals surface area contributed by atoms with Gasteiger partial charge in [-0.1, -0.05) is 12.1 Å². The molecule has 166 valence electrons. The van der Waals surface area contributed by atoms with Crippen molar-refractivity contribution in [2.45, 2.75) is 52.9 Å². The van der Waals surface area contributed by atoms with E-state index in [9.17, 15) is 13.2 Å². The maximum Gasteiger partial charge on any atom is 0.573 e. The van der Waals surface area contributed by atoms with Crippen LogP contribution < -0.4 is 15.4 Å². The van der Waals surface area contributed by atoms with Gasteiger partial charge in [0.25, 0.3) is 0 Å². The lowest BCUT2D eigenvalue weighted by atomic mass is 10.1. The summed E-state index contributed by atoms with van der Waals surface area (Å²) in [7, 11) is 1.94. The van der Waals surface area contributed by atoms with Crippen molar-refractivity contribution in [2.75, 3.05) is 13.1 Å². The highest BCUT2D eigenvalue weighted by molar-refractivity contribution is 5.80. The van der Waals surface area contributed by atoms with E-state index in [2.05, 4.69) is 39.3 Å². The number of guanidine groups is 1. The third kappa shape index (κ3) is 7.27. The molecule has 0 saturated carbocycles. The summed E-state index contributed by atoms with van der Waals surface area (Å²) in [6.07, 6.45) is -3.24. The zero-order valence-electron chi connectivity index (χ0n) is 18.1. The van der Waals surface area contributed by atoms with Crippen LogP contribution in [0.15, 0.2) is 29.3 Å². The first-order chi connectivity index (χ1) is 14.1. The minimum atomic E-state index is -4.68. The molecule has 9 heteroatoms. The maximum absolute atomic E-state index is 12.2. The van der Waals surface area contributed by atoms with Crippen molar-refractivity contribution in [3.63, 3.8) is 0 Å². The van der Waals surface area contributed by atoms with Gasteiger partial charge in [-0.2, -0.15) is 5.10 Å². The van der Waals surface area contributed by atoms with E-state index in [1.54, 1.807) is 12.1 Å². The smallest absolute Gasteiger partial charge is 0.406 e. The zero-order valence-corrected chi connectivity index (χ0v) is 18.1. The second-order valence-electron chi connectivity index (χ2n) is 7.22. The topological polar surface area (TPSA) is 63.5 Å². The molecule has 0 amide bonds. The Hall–Kier alpha value is -2.71. The number of aromatic nitrogens is 2. The van der Waals surface area contributed by atoms with Crippen molar-refractivity contribution in [2.24, 2.45) is 12.0 Å². The summed E-state index contributed by atoms with van der Waals surface area (Å²) >= 11 is 0. The third-order valence-electron chi connectivity index (χ3n) is 4.72. The van der Waals surface area contributed by atoms with Gasteiger partial charge in [-0.05, 0) is 63.8 Å². The molecule has 0 fully saturated rings. The van der Waals surface area contributed by atoms with Crippen LogP contribution in [0.3, 0.4) is 0 Å². The number of ether oxygens (including phenoxy) is 1. The van der Waals surface area contributed by atoms with Gasteiger partial charge in [0.05, 0.1) is 5.69 Å². The lowest BCUT2D eigenvalue weighted by molar-refractivity contribution is -0.274. The van der Waals surface area contributed by atoms with Crippen molar-refractivity contribution < 1.29 is 17.9 Å². The summed E-state index contributed by atoms with van der Waals surface area (Å²) in [5.41, 5.74) is 4.30. The average Bonchev–Trinajstić information content (AvgIpc) is 2.88. The molecule has 1 unspecified atom stereocenters. The predicted molar refractivity (Wildman–Crippen MR) is 112 cm³/mol. The lowest BCUT2D eigenvalue weighted by Gasteiger charge is -2.18. The molecule has 0 aliphatic heterocycles. The molecule has 1 aromatic heterocycles. The van der Waals surface area contributed by atoms with Gasteiger partial charge in [-0.25, -0.2) is 0 Å². The van der Waals surface area contributed by atoms with Crippen LogP contribution in [-0.2, 0) is 19.9 Å². The fraction of sp³-hybridized carbons (Fsp3) is 0.524. The molecule has 6 nitrogen and oxygen atoms in total. The molecule has 0 radical (unpaired) electrons. The molecule has 0 bridgehead atoms. The summed E-state index contributed by atoms with van der Waals surface area (Å²) in [6.45, 7) is 9.40. The molecule has 2 N–H and O–H groups in total. The van der Waals surface area contributed by atoms with Crippen LogP contribution in [0.25, 0.3) is 0 Å². The van der Waals surface area contributed by atoms with Gasteiger partial charge in [-0.15, -0.1) is 13.2 Å². The number of nitrogens with one attached hydrogen (secondary N) is 2. The van der Waals surface area contributed by atoms with E-state index in [1.807, 2.05) is 25.6 Å². The number of benzene rings is 1. The van der Waals surface area contributed by atoms with Crippen molar-refractivity contribution in [1.82, 2.24) is 20.4 Å². The number of rotatable bonds is 8. The Kier molecular flexibility index (Phi) is 8.14. The summed E-state index contributed by atoms with van der Waals surface area (Å²) in [5, 5.41) is 11.1. The normalized spacial score (nSPS) is 13.3. The maximum atomic E-state index is 12.2. The summed E-state index contributed by atoms with van der Waals surface area (Å²) < 4.78 is 42.5. The number of aliphatic imine (C=N–C) groups is 1. The second kappa shape index (κ2) is 10.4. The van der Waals surface area contributed by atoms with Gasteiger partial charge >= 0.3 is 6.36 Å². The minimum Gasteiger partial charge on any atom is -0.406 e. The fourth-order valence-corrected chi connectivity index (χ4v) is 3.18. The quantitative estimate of drug-likeness (QED) is 0.501. The van der Waals surface area contributed by atoms with Crippen molar-refractivity contribution in [3.8, 4) is 5.75 Å². The average molecular weight is 425 g/mol. The van der Waals surface area contributed by atoms with Crippen LogP contribution in [0.2, 0.25) is 0 Å². The summed E-state index contributed by atoms with van der Waals surface area (Å²) in [4.78, 5) is 4.58. The molecule has 2 rings (SSSR count). The molecule has 1 aromatic carbocycles. The van der Waals surface area contributed by atoms with Crippen molar-refractivity contribution in [1.29, 1.82) is 0 Å². The first kappa shape index (κ1) is 23.6. The number of hydrogen-bond donors (Lipinski definition) is 2. The molecule has 1 atom stereocenters. The minimum absolute atomic E-state index is 0.156. The first-order valence-corrected chi connectivity index (χ1v) is 9.97. The number of alkyl halides is 3. The van der Waals surface area contributed by atoms with E-state index < -0.39 is 6.36 Å². The highest BCUT2D eigenvalue weighted by Gasteiger charge is 2.30. The Morgan fingerprint density at radius 1 is 1.23 bits per heavy atom. The number of aryl methyl sites for hydroxylation is 2. The Morgan fingerprint density at radius 2 is 1.90 bits per heavy atom. The van der Waals surface area contributed by atoms with E-state index >= 15 is 0 Å². The van der Waals surface area contributed by atoms with Gasteiger partial charge in [0.1, 0.15) is 5.75 Å². The van der Waals surface area contributed by atoms with Crippen LogP contribution in [0.4, 0.5) is 13.2 Å². The van der Waals surface area contributed by atoms with Crippen molar-refractivity contribution >= 4 is 5.96 Å². The van der Waals surface area contributed by atoms with Gasteiger partial charge in [0, 0.05) is 31.9 Å². The molecular weight excluding hydrogens is 395 g/mol. The van der Waals surface area contributed by atoms with Crippen molar-refractivity contribution in [3.05, 3.63) is 46.8 Å². The van der Waals surface area contributed by atoms with Gasteiger partial charge in [0.2, 0.25) is 0 Å². The fourth-order valence-electron chi connectivity index (χ4n) is 3.18. The van der Waals surface area contributed by atoms with E-state index in [4.69, 9.17) is 0 Å². The van der Waals surface area contributed by atoms with Gasteiger partial charge in [0.15, 0.2) is 5.96 Å². The Bertz CT molecular complexity index is 844. The molecule has 0 aliphatic rings. The molecular formula is C21H30F3N5O. The molecule has 0 aliphatic carbocycles. The van der Waals surface area contributed by atoms with Crippen LogP contribution in [-0.4, -0.2) is 41.2 Å². The molecule has 30 heavy (non-hydrogen) atoms. The number of hydrogen-bond acceptors (Lipinski definition) is 3. The van der Waals surface area contributed by atoms with Crippen LogP contribution in [0.5, 0.6) is 5.75 Å². The molecule has 0 saturated heterocycles. The molecule has 1 heterocycles. The van der Waals surface area contributed by atoms with Gasteiger partial charge < -0.3 is 15.4 Å². The van der Waals surface area contributed by atoms with Crippen LogP contribution >= 0.6 is 0 Å². The predicted octanol–water partition coefficient (Wildman–Crippen LogP) is 3.66. The van der Waals surface area contributed by atoms with E-state index in [-0.39, 0.29) is 11.8 Å². The van der Waals surface area contributed by atoms with Crippen LogP contribution in [0.1, 0.15) is 36.4 Å².